The summed E-state index contributed by atoms with van der Waals surface area (Å²) >= 11 is 6.37. The fraction of sp³-hybridized carbons (Fsp3) is 0.0222. The van der Waals surface area contributed by atoms with Crippen molar-refractivity contribution in [1.29, 1.82) is 0 Å². The van der Waals surface area contributed by atoms with Gasteiger partial charge in [0.2, 0.25) is 0 Å². The molecule has 0 atom stereocenters. The van der Waals surface area contributed by atoms with Gasteiger partial charge in [-0.25, -0.2) is 0 Å². The normalized spacial score (nSPS) is 14.8. The summed E-state index contributed by atoms with van der Waals surface area (Å²) in [5.74, 6) is -0.467. The van der Waals surface area contributed by atoms with Crippen molar-refractivity contribution in [2.24, 2.45) is 0 Å². The molecular weight excluding hydrogens is 622 g/mol. The van der Waals surface area contributed by atoms with Gasteiger partial charge in [-0.15, -0.1) is 0 Å². The molecule has 1 spiro atoms. The third-order valence-corrected chi connectivity index (χ3v) is 10.7. The molecular formula is C45H26ClNO2. The van der Waals surface area contributed by atoms with Gasteiger partial charge in [-0.2, -0.15) is 0 Å². The van der Waals surface area contributed by atoms with Crippen LogP contribution in [0.25, 0.3) is 28.0 Å². The third kappa shape index (κ3) is 3.79. The van der Waals surface area contributed by atoms with Gasteiger partial charge in [0.1, 0.15) is 0 Å². The summed E-state index contributed by atoms with van der Waals surface area (Å²) in [6.45, 7) is 0. The molecule has 49 heavy (non-hydrogen) atoms. The van der Waals surface area contributed by atoms with Crippen molar-refractivity contribution in [2.75, 3.05) is 4.90 Å². The summed E-state index contributed by atoms with van der Waals surface area (Å²) in [5.41, 5.74) is 11.4. The van der Waals surface area contributed by atoms with E-state index in [2.05, 4.69) is 89.8 Å². The average Bonchev–Trinajstić information content (AvgIpc) is 3.56. The van der Waals surface area contributed by atoms with Gasteiger partial charge < -0.3 is 4.90 Å². The summed E-state index contributed by atoms with van der Waals surface area (Å²) in [5, 5.41) is 2.56. The molecule has 3 nitrogen and oxygen atoms in total. The van der Waals surface area contributed by atoms with Crippen molar-refractivity contribution in [3.8, 4) is 11.1 Å². The SMILES string of the molecule is O=C1C(=Cc2ccc3c(c2)C2(c4ccccc4-c4ccccc42)c2ccccc2N3c2ccc(Cl)cc2)C(=O)c2cc3ccccc3cc21. The van der Waals surface area contributed by atoms with E-state index in [1.165, 1.54) is 22.3 Å². The molecule has 0 unspecified atom stereocenters. The van der Waals surface area contributed by atoms with Crippen LogP contribution in [0.4, 0.5) is 17.1 Å². The number of benzene rings is 7. The largest absolute Gasteiger partial charge is 0.310 e. The first-order valence-electron chi connectivity index (χ1n) is 16.4. The van der Waals surface area contributed by atoms with Crippen molar-refractivity contribution < 1.29 is 9.59 Å². The molecule has 0 saturated heterocycles. The van der Waals surface area contributed by atoms with Gasteiger partial charge in [0.05, 0.1) is 22.4 Å². The van der Waals surface area contributed by atoms with Crippen molar-refractivity contribution in [3.05, 3.63) is 201 Å². The van der Waals surface area contributed by atoms with Crippen LogP contribution < -0.4 is 4.90 Å². The van der Waals surface area contributed by atoms with Gasteiger partial charge in [-0.3, -0.25) is 9.59 Å². The number of halogens is 1. The Morgan fingerprint density at radius 1 is 0.490 bits per heavy atom. The summed E-state index contributed by atoms with van der Waals surface area (Å²) < 4.78 is 0. The van der Waals surface area contributed by atoms with Crippen molar-refractivity contribution in [2.45, 2.75) is 5.41 Å². The Morgan fingerprint density at radius 2 is 1.02 bits per heavy atom. The van der Waals surface area contributed by atoms with Crippen LogP contribution in [0.2, 0.25) is 5.02 Å². The van der Waals surface area contributed by atoms with Crippen molar-refractivity contribution >= 4 is 57.1 Å². The number of para-hydroxylation sites is 1. The van der Waals surface area contributed by atoms with E-state index >= 15 is 0 Å². The van der Waals surface area contributed by atoms with Crippen LogP contribution in [0.15, 0.2) is 157 Å². The lowest BCUT2D eigenvalue weighted by molar-refractivity contribution is 0.0990. The van der Waals surface area contributed by atoms with E-state index in [1.807, 2.05) is 66.7 Å². The van der Waals surface area contributed by atoms with Gasteiger partial charge in [-0.05, 0) is 110 Å². The maximum atomic E-state index is 13.8. The second-order valence-corrected chi connectivity index (χ2v) is 13.3. The Bertz CT molecular complexity index is 2510. The monoisotopic (exact) mass is 647 g/mol. The molecule has 0 bridgehead atoms. The zero-order valence-electron chi connectivity index (χ0n) is 26.2. The van der Waals surface area contributed by atoms with E-state index in [4.69, 9.17) is 11.6 Å². The number of rotatable bonds is 2. The Labute approximate surface area is 288 Å². The highest BCUT2D eigenvalue weighted by Gasteiger charge is 2.51. The van der Waals surface area contributed by atoms with Crippen LogP contribution >= 0.6 is 11.6 Å². The smallest absolute Gasteiger partial charge is 0.197 e. The highest BCUT2D eigenvalue weighted by molar-refractivity contribution is 6.42. The van der Waals surface area contributed by atoms with Gasteiger partial charge in [0.15, 0.2) is 11.6 Å². The fourth-order valence-corrected chi connectivity index (χ4v) is 8.52. The molecule has 10 rings (SSSR count). The van der Waals surface area contributed by atoms with Gasteiger partial charge in [0.25, 0.3) is 0 Å². The molecule has 0 amide bonds. The van der Waals surface area contributed by atoms with E-state index < -0.39 is 5.41 Å². The lowest BCUT2D eigenvalue weighted by Gasteiger charge is -2.45. The Kier molecular flexibility index (Phi) is 5.85. The quantitative estimate of drug-likeness (QED) is 0.138. The zero-order valence-corrected chi connectivity index (χ0v) is 26.9. The molecule has 0 saturated carbocycles. The van der Waals surface area contributed by atoms with E-state index in [-0.39, 0.29) is 17.1 Å². The number of Topliss-reactive ketones (excluding diaryl/α,β-unsaturated/α-hetero) is 2. The van der Waals surface area contributed by atoms with Crippen molar-refractivity contribution in [3.63, 3.8) is 0 Å². The maximum Gasteiger partial charge on any atom is 0.197 e. The summed E-state index contributed by atoms with van der Waals surface area (Å²) in [6, 6.07) is 51.7. The number of hydrogen-bond acceptors (Lipinski definition) is 3. The lowest BCUT2D eigenvalue weighted by Crippen LogP contribution is -2.36. The molecule has 0 N–H and O–H groups in total. The highest BCUT2D eigenvalue weighted by Crippen LogP contribution is 2.63. The predicted octanol–water partition coefficient (Wildman–Crippen LogP) is 11.1. The van der Waals surface area contributed by atoms with Crippen LogP contribution in [-0.2, 0) is 5.41 Å². The number of hydrogen-bond donors (Lipinski definition) is 0. The van der Waals surface area contributed by atoms with Crippen LogP contribution in [0, 0.1) is 0 Å². The number of anilines is 3. The predicted molar refractivity (Wildman–Crippen MR) is 198 cm³/mol. The molecule has 0 radical (unpaired) electrons. The summed E-state index contributed by atoms with van der Waals surface area (Å²) in [4.78, 5) is 30.0. The van der Waals surface area contributed by atoms with Gasteiger partial charge in [0, 0.05) is 21.8 Å². The molecule has 3 aliphatic rings. The molecule has 1 heterocycles. The Morgan fingerprint density at radius 3 is 1.65 bits per heavy atom. The minimum absolute atomic E-state index is 0.192. The van der Waals surface area contributed by atoms with E-state index in [1.54, 1.807) is 6.08 Å². The Hall–Kier alpha value is -6.03. The minimum atomic E-state index is -0.638. The van der Waals surface area contributed by atoms with Crippen LogP contribution in [0.1, 0.15) is 48.5 Å². The molecule has 1 aliphatic heterocycles. The summed E-state index contributed by atoms with van der Waals surface area (Å²) in [7, 11) is 0. The van der Waals surface area contributed by atoms with Crippen molar-refractivity contribution in [1.82, 2.24) is 0 Å². The zero-order chi connectivity index (χ0) is 32.9. The standard InChI is InChI=1S/C45H26ClNO2/c46-30-18-20-31(21-19-30)47-41-16-8-7-15-39(41)45(37-13-5-3-11-32(37)33-12-4-6-14-38(33)45)40-24-27(17-22-42(40)47)23-36-43(48)34-25-28-9-1-2-10-29(28)26-35(34)44(36)49/h1-26H. The number of allylic oxidation sites excluding steroid dienone is 1. The highest BCUT2D eigenvalue weighted by atomic mass is 35.5. The van der Waals surface area contributed by atoms with Crippen LogP contribution in [0.5, 0.6) is 0 Å². The first-order valence-corrected chi connectivity index (χ1v) is 16.7. The fourth-order valence-electron chi connectivity index (χ4n) is 8.39. The van der Waals surface area contributed by atoms with Crippen LogP contribution in [0.3, 0.4) is 0 Å². The molecule has 230 valence electrons. The van der Waals surface area contributed by atoms with Gasteiger partial charge >= 0.3 is 0 Å². The van der Waals surface area contributed by atoms with Crippen LogP contribution in [-0.4, -0.2) is 11.6 Å². The summed E-state index contributed by atoms with van der Waals surface area (Å²) in [6.07, 6.45) is 1.78. The van der Waals surface area contributed by atoms with E-state index in [0.717, 1.165) is 44.5 Å². The minimum Gasteiger partial charge on any atom is -0.310 e. The number of carbonyl (C=O) groups excluding carboxylic acids is 2. The van der Waals surface area contributed by atoms with E-state index in [9.17, 15) is 9.59 Å². The van der Waals surface area contributed by atoms with Gasteiger partial charge in [-0.1, -0.05) is 109 Å². The number of carbonyl (C=O) groups is 2. The third-order valence-electron chi connectivity index (χ3n) is 10.4. The number of ketones is 2. The molecule has 2 aliphatic carbocycles. The second-order valence-electron chi connectivity index (χ2n) is 12.9. The number of fused-ring (bicyclic) bond motifs is 11. The second kappa shape index (κ2) is 10.2. The lowest BCUT2D eigenvalue weighted by atomic mass is 9.64. The molecule has 7 aromatic rings. The van der Waals surface area contributed by atoms with E-state index in [0.29, 0.717) is 16.1 Å². The molecule has 0 fully saturated rings. The average molecular weight is 648 g/mol. The first-order chi connectivity index (χ1) is 24.0. The Balaban J connectivity index is 1.25. The molecule has 0 aromatic heterocycles. The maximum absolute atomic E-state index is 13.8. The first kappa shape index (κ1) is 28.0. The molecule has 7 aromatic carbocycles. The molecule has 4 heteroatoms. The number of nitrogens with zero attached hydrogens (tertiary/aromatic N) is 1. The topological polar surface area (TPSA) is 37.4 Å².